The molecule has 5 heteroatoms. The number of hydrogen-bond donors (Lipinski definition) is 0. The Morgan fingerprint density at radius 2 is 1.78 bits per heavy atom. The highest BCUT2D eigenvalue weighted by molar-refractivity contribution is 5.77. The molecular formula is C13H22F2O3. The van der Waals surface area contributed by atoms with Crippen LogP contribution >= 0.6 is 0 Å². The van der Waals surface area contributed by atoms with Crippen LogP contribution in [0.15, 0.2) is 0 Å². The molecule has 1 rings (SSSR count). The summed E-state index contributed by atoms with van der Waals surface area (Å²) in [5.74, 6) is -4.75. The fourth-order valence-electron chi connectivity index (χ4n) is 1.91. The number of esters is 1. The Morgan fingerprint density at radius 1 is 1.22 bits per heavy atom. The van der Waals surface area contributed by atoms with Crippen LogP contribution in [0, 0.1) is 0 Å². The molecule has 1 aliphatic heterocycles. The highest BCUT2D eigenvalue weighted by Gasteiger charge is 2.39. The summed E-state index contributed by atoms with van der Waals surface area (Å²) in [5, 5.41) is 0. The molecular weight excluding hydrogens is 242 g/mol. The lowest BCUT2D eigenvalue weighted by Crippen LogP contribution is -2.29. The molecule has 0 amide bonds. The average molecular weight is 264 g/mol. The number of carbonyl (C=O) groups excluding carboxylic acids is 1. The minimum Gasteiger partial charge on any atom is -0.465 e. The molecule has 0 saturated carbocycles. The van der Waals surface area contributed by atoms with Gasteiger partial charge < -0.3 is 9.47 Å². The Hall–Kier alpha value is -0.710. The van der Waals surface area contributed by atoms with Crippen molar-refractivity contribution in [1.82, 2.24) is 0 Å². The summed E-state index contributed by atoms with van der Waals surface area (Å²) >= 11 is 0. The van der Waals surface area contributed by atoms with Crippen LogP contribution in [-0.4, -0.2) is 31.7 Å². The van der Waals surface area contributed by atoms with Gasteiger partial charge in [-0.3, -0.25) is 0 Å². The second-order valence-electron chi connectivity index (χ2n) is 4.81. The molecule has 1 fully saturated rings. The van der Waals surface area contributed by atoms with Crippen LogP contribution in [0.2, 0.25) is 0 Å². The number of alkyl halides is 2. The van der Waals surface area contributed by atoms with Gasteiger partial charge in [0, 0.05) is 6.42 Å². The maximum atomic E-state index is 13.1. The van der Waals surface area contributed by atoms with Crippen LogP contribution in [0.25, 0.3) is 0 Å². The number of methoxy groups -OCH3 is 1. The van der Waals surface area contributed by atoms with Gasteiger partial charge in [0.05, 0.1) is 19.8 Å². The molecule has 106 valence electrons. The fraction of sp³-hybridized carbons (Fsp3) is 0.923. The zero-order chi connectivity index (χ0) is 13.4. The second-order valence-corrected chi connectivity index (χ2v) is 4.81. The molecule has 1 aliphatic rings. The molecule has 1 heterocycles. The second kappa shape index (κ2) is 7.67. The van der Waals surface area contributed by atoms with E-state index < -0.39 is 18.3 Å². The lowest BCUT2D eigenvalue weighted by atomic mass is 10.1. The highest BCUT2D eigenvalue weighted by Crippen LogP contribution is 2.24. The number of carbonyl (C=O) groups is 1. The van der Waals surface area contributed by atoms with Gasteiger partial charge in [-0.05, 0) is 12.8 Å². The van der Waals surface area contributed by atoms with Crippen molar-refractivity contribution in [3.63, 3.8) is 0 Å². The smallest absolute Gasteiger partial charge is 0.376 e. The summed E-state index contributed by atoms with van der Waals surface area (Å²) in [6, 6.07) is 0. The minimum atomic E-state index is -3.32. The maximum Gasteiger partial charge on any atom is 0.376 e. The molecule has 18 heavy (non-hydrogen) atoms. The molecule has 0 aromatic rings. The molecule has 1 saturated heterocycles. The summed E-state index contributed by atoms with van der Waals surface area (Å²) in [6.45, 7) is 0.905. The van der Waals surface area contributed by atoms with Crippen LogP contribution in [0.5, 0.6) is 0 Å². The van der Waals surface area contributed by atoms with Gasteiger partial charge in [-0.1, -0.05) is 32.1 Å². The van der Waals surface area contributed by atoms with E-state index in [1.165, 1.54) is 0 Å². The quantitative estimate of drug-likeness (QED) is 0.345. The molecule has 0 N–H and O–H groups in total. The van der Waals surface area contributed by atoms with E-state index >= 15 is 0 Å². The number of ether oxygens (including phenoxy) is 2. The van der Waals surface area contributed by atoms with Gasteiger partial charge >= 0.3 is 11.9 Å². The summed E-state index contributed by atoms with van der Waals surface area (Å²) < 4.78 is 35.3. The Balaban J connectivity index is 1.89. The molecule has 0 aromatic carbocycles. The Labute approximate surface area is 107 Å². The molecule has 3 nitrogen and oxygen atoms in total. The predicted molar refractivity (Wildman–Crippen MR) is 63.6 cm³/mol. The first-order valence-corrected chi connectivity index (χ1v) is 6.64. The van der Waals surface area contributed by atoms with Crippen LogP contribution < -0.4 is 0 Å². The Morgan fingerprint density at radius 3 is 2.33 bits per heavy atom. The van der Waals surface area contributed by atoms with Crippen molar-refractivity contribution in [2.45, 2.75) is 63.4 Å². The van der Waals surface area contributed by atoms with Crippen LogP contribution in [0.1, 0.15) is 51.4 Å². The van der Waals surface area contributed by atoms with Gasteiger partial charge in [-0.25, -0.2) is 4.79 Å². The third kappa shape index (κ3) is 6.28. The van der Waals surface area contributed by atoms with Gasteiger partial charge in [0.2, 0.25) is 0 Å². The summed E-state index contributed by atoms with van der Waals surface area (Å²) in [5.41, 5.74) is 0. The van der Waals surface area contributed by atoms with E-state index in [0.29, 0.717) is 12.5 Å². The van der Waals surface area contributed by atoms with E-state index in [9.17, 15) is 13.6 Å². The third-order valence-electron chi connectivity index (χ3n) is 3.15. The topological polar surface area (TPSA) is 38.8 Å². The first kappa shape index (κ1) is 15.3. The Bertz CT molecular complexity index is 253. The van der Waals surface area contributed by atoms with E-state index in [1.807, 2.05) is 0 Å². The number of unbranched alkanes of at least 4 members (excludes halogenated alkanes) is 5. The monoisotopic (exact) mass is 264 g/mol. The SMILES string of the molecule is COC(=O)C(F)(F)CCCCCCCCC1CO1. The van der Waals surface area contributed by atoms with Crippen molar-refractivity contribution in [3.05, 3.63) is 0 Å². The van der Waals surface area contributed by atoms with Gasteiger partial charge in [0.25, 0.3) is 0 Å². The van der Waals surface area contributed by atoms with Crippen molar-refractivity contribution in [1.29, 1.82) is 0 Å². The number of epoxide rings is 1. The molecule has 1 atom stereocenters. The molecule has 0 radical (unpaired) electrons. The number of halogens is 2. The van der Waals surface area contributed by atoms with Gasteiger partial charge in [-0.2, -0.15) is 8.78 Å². The van der Waals surface area contributed by atoms with E-state index in [-0.39, 0.29) is 0 Å². The highest BCUT2D eigenvalue weighted by atomic mass is 19.3. The molecule has 0 bridgehead atoms. The number of hydrogen-bond acceptors (Lipinski definition) is 3. The van der Waals surface area contributed by atoms with Gasteiger partial charge in [0.15, 0.2) is 0 Å². The fourth-order valence-corrected chi connectivity index (χ4v) is 1.91. The zero-order valence-electron chi connectivity index (χ0n) is 10.9. The largest absolute Gasteiger partial charge is 0.465 e. The van der Waals surface area contributed by atoms with E-state index in [4.69, 9.17) is 4.74 Å². The molecule has 0 spiro atoms. The van der Waals surface area contributed by atoms with E-state index in [2.05, 4.69) is 4.74 Å². The van der Waals surface area contributed by atoms with Crippen LogP contribution in [0.3, 0.4) is 0 Å². The maximum absolute atomic E-state index is 13.1. The van der Waals surface area contributed by atoms with E-state index in [1.54, 1.807) is 0 Å². The standard InChI is InChI=1S/C13H22F2O3/c1-17-12(16)13(14,15)9-7-5-3-2-4-6-8-11-10-18-11/h11H,2-10H2,1H3. The predicted octanol–water partition coefficient (Wildman–Crippen LogP) is 3.31. The normalized spacial score (nSPS) is 18.7. The lowest BCUT2D eigenvalue weighted by molar-refractivity contribution is -0.169. The lowest BCUT2D eigenvalue weighted by Gasteiger charge is -2.12. The van der Waals surface area contributed by atoms with Crippen LogP contribution in [-0.2, 0) is 14.3 Å². The van der Waals surface area contributed by atoms with Gasteiger partial charge in [-0.15, -0.1) is 0 Å². The van der Waals surface area contributed by atoms with Crippen molar-refractivity contribution in [2.24, 2.45) is 0 Å². The minimum absolute atomic E-state index is 0.369. The van der Waals surface area contributed by atoms with E-state index in [0.717, 1.165) is 52.2 Å². The first-order chi connectivity index (χ1) is 8.56. The van der Waals surface area contributed by atoms with Gasteiger partial charge in [0.1, 0.15) is 0 Å². The summed E-state index contributed by atoms with van der Waals surface area (Å²) in [7, 11) is 0.986. The summed E-state index contributed by atoms with van der Waals surface area (Å²) in [6.07, 6.45) is 6.62. The Kier molecular flexibility index (Phi) is 6.54. The number of rotatable bonds is 10. The van der Waals surface area contributed by atoms with Crippen molar-refractivity contribution in [3.8, 4) is 0 Å². The third-order valence-corrected chi connectivity index (χ3v) is 3.15. The average Bonchev–Trinajstić information content (AvgIpc) is 3.15. The molecule has 0 aromatic heterocycles. The molecule has 0 aliphatic carbocycles. The summed E-state index contributed by atoms with van der Waals surface area (Å²) in [4.78, 5) is 10.7. The first-order valence-electron chi connectivity index (χ1n) is 6.64. The zero-order valence-corrected chi connectivity index (χ0v) is 10.9. The van der Waals surface area contributed by atoms with Crippen molar-refractivity contribution < 1.29 is 23.0 Å². The van der Waals surface area contributed by atoms with Crippen LogP contribution in [0.4, 0.5) is 8.78 Å². The van der Waals surface area contributed by atoms with Crippen molar-refractivity contribution >= 4 is 5.97 Å². The molecule has 1 unspecified atom stereocenters. The van der Waals surface area contributed by atoms with Crippen molar-refractivity contribution in [2.75, 3.05) is 13.7 Å².